The Morgan fingerprint density at radius 2 is 1.67 bits per heavy atom. The lowest BCUT2D eigenvalue weighted by atomic mass is 10.0. The third kappa shape index (κ3) is 7.19. The summed E-state index contributed by atoms with van der Waals surface area (Å²) in [6.45, 7) is 12.9. The molecule has 0 unspecified atom stereocenters. The molecule has 2 fully saturated rings. The van der Waals surface area contributed by atoms with Gasteiger partial charge in [-0.15, -0.1) is 0 Å². The fourth-order valence-electron chi connectivity index (χ4n) is 5.32. The first kappa shape index (κ1) is 28.8. The predicted molar refractivity (Wildman–Crippen MR) is 141 cm³/mol. The van der Waals surface area contributed by atoms with E-state index in [1.807, 2.05) is 4.90 Å². The Bertz CT molecular complexity index is 948. The van der Waals surface area contributed by atoms with Gasteiger partial charge in [0.2, 0.25) is 15.9 Å². The van der Waals surface area contributed by atoms with Crippen LogP contribution in [0, 0.1) is 13.8 Å². The number of likely N-dealkylation sites (tertiary alicyclic amines) is 1. The molecule has 1 aromatic carbocycles. The molecule has 2 aliphatic heterocycles. The van der Waals surface area contributed by atoms with E-state index in [1.165, 1.54) is 50.2 Å². The van der Waals surface area contributed by atoms with Crippen molar-refractivity contribution in [3.63, 3.8) is 0 Å². The van der Waals surface area contributed by atoms with Gasteiger partial charge in [0.25, 0.3) is 0 Å². The van der Waals surface area contributed by atoms with Gasteiger partial charge in [-0.1, -0.05) is 6.92 Å². The minimum Gasteiger partial charge on any atom is -0.497 e. The molecule has 0 saturated carbocycles. The lowest BCUT2D eigenvalue weighted by Gasteiger charge is -2.42. The van der Waals surface area contributed by atoms with E-state index in [0.29, 0.717) is 22.9 Å². The van der Waals surface area contributed by atoms with Gasteiger partial charge in [-0.05, 0) is 76.0 Å². The number of piperidine rings is 1. The number of likely N-dealkylation sites (N-methyl/N-ethyl adjacent to an activating group) is 1. The molecule has 9 nitrogen and oxygen atoms in total. The third-order valence-corrected chi connectivity index (χ3v) is 9.56. The number of aryl methyl sites for hydroxylation is 2. The first-order valence-corrected chi connectivity index (χ1v) is 14.5. The Labute approximate surface area is 217 Å². The summed E-state index contributed by atoms with van der Waals surface area (Å²) >= 11 is 0. The van der Waals surface area contributed by atoms with E-state index >= 15 is 0 Å². The number of piperazine rings is 1. The maximum Gasteiger partial charge on any atom is 0.248 e. The van der Waals surface area contributed by atoms with Crippen molar-refractivity contribution in [2.45, 2.75) is 51.0 Å². The molecule has 2 saturated heterocycles. The Hall–Kier alpha value is -1.72. The molecule has 2 aliphatic rings. The molecule has 0 radical (unpaired) electrons. The summed E-state index contributed by atoms with van der Waals surface area (Å²) in [5.74, 6) is 0.603. The first-order valence-electron chi connectivity index (χ1n) is 13.1. The average Bonchev–Trinajstić information content (AvgIpc) is 2.86. The van der Waals surface area contributed by atoms with Crippen LogP contribution in [0.5, 0.6) is 5.75 Å². The molecule has 1 amide bonds. The van der Waals surface area contributed by atoms with Crippen LogP contribution in [0.2, 0.25) is 0 Å². The van der Waals surface area contributed by atoms with Crippen molar-refractivity contribution >= 4 is 15.9 Å². The summed E-state index contributed by atoms with van der Waals surface area (Å²) in [6, 6.07) is 4.07. The van der Waals surface area contributed by atoms with Crippen molar-refractivity contribution in [3.8, 4) is 5.75 Å². The van der Waals surface area contributed by atoms with E-state index in [1.54, 1.807) is 33.1 Å². The van der Waals surface area contributed by atoms with E-state index in [4.69, 9.17) is 9.47 Å². The van der Waals surface area contributed by atoms with Crippen molar-refractivity contribution in [2.75, 3.05) is 79.7 Å². The molecule has 0 aliphatic carbocycles. The first-order chi connectivity index (χ1) is 17.2. The van der Waals surface area contributed by atoms with E-state index in [9.17, 15) is 13.2 Å². The number of methoxy groups -OCH3 is 1. The van der Waals surface area contributed by atoms with Crippen molar-refractivity contribution in [3.05, 3.63) is 23.3 Å². The van der Waals surface area contributed by atoms with Crippen LogP contribution >= 0.6 is 0 Å². The Morgan fingerprint density at radius 3 is 2.22 bits per heavy atom. The Kier molecular flexibility index (Phi) is 10.6. The molecule has 0 atom stereocenters. The number of benzene rings is 1. The average molecular weight is 525 g/mol. The molecule has 1 aromatic rings. The summed E-state index contributed by atoms with van der Waals surface area (Å²) in [7, 11) is -0.579. The maximum absolute atomic E-state index is 13.1. The van der Waals surface area contributed by atoms with Gasteiger partial charge in [0, 0.05) is 45.8 Å². The highest BCUT2D eigenvalue weighted by Crippen LogP contribution is 2.27. The quantitative estimate of drug-likeness (QED) is 0.409. The van der Waals surface area contributed by atoms with Gasteiger partial charge in [0.05, 0.1) is 18.6 Å². The largest absolute Gasteiger partial charge is 0.497 e. The van der Waals surface area contributed by atoms with Crippen LogP contribution in [-0.4, -0.2) is 119 Å². The standard InChI is InChI=1S/C26H44N4O5S/c1-6-9-28-10-7-23(8-11-28)29-12-14-30(15-13-29)25(31)20-35-17-16-27(4)36(32,33)26-21(2)18-24(34-5)19-22(26)3/h18-19,23H,6-17,20H2,1-5H3. The Morgan fingerprint density at radius 1 is 1.06 bits per heavy atom. The fourth-order valence-corrected chi connectivity index (χ4v) is 6.87. The van der Waals surface area contributed by atoms with Crippen LogP contribution < -0.4 is 4.74 Å². The highest BCUT2D eigenvalue weighted by Gasteiger charge is 2.29. The fraction of sp³-hybridized carbons (Fsp3) is 0.731. The number of carbonyl (C=O) groups excluding carboxylic acids is 1. The van der Waals surface area contributed by atoms with Gasteiger partial charge in [-0.3, -0.25) is 9.69 Å². The number of carbonyl (C=O) groups is 1. The van der Waals surface area contributed by atoms with Gasteiger partial charge in [0.15, 0.2) is 0 Å². The molecular weight excluding hydrogens is 480 g/mol. The monoisotopic (exact) mass is 524 g/mol. The number of ether oxygens (including phenoxy) is 2. The van der Waals surface area contributed by atoms with Gasteiger partial charge in [0.1, 0.15) is 12.4 Å². The highest BCUT2D eigenvalue weighted by molar-refractivity contribution is 7.89. The molecular formula is C26H44N4O5S. The molecule has 0 aromatic heterocycles. The molecule has 10 heteroatoms. The number of hydrogen-bond acceptors (Lipinski definition) is 7. The van der Waals surface area contributed by atoms with E-state index in [-0.39, 0.29) is 30.6 Å². The number of sulfonamides is 1. The van der Waals surface area contributed by atoms with Crippen LogP contribution in [0.15, 0.2) is 17.0 Å². The van der Waals surface area contributed by atoms with Crippen LogP contribution in [0.1, 0.15) is 37.3 Å². The summed E-state index contributed by atoms with van der Waals surface area (Å²) in [4.78, 5) is 19.9. The summed E-state index contributed by atoms with van der Waals surface area (Å²) in [5.41, 5.74) is 1.28. The van der Waals surface area contributed by atoms with Crippen molar-refractivity contribution in [2.24, 2.45) is 0 Å². The molecule has 0 spiro atoms. The zero-order valence-electron chi connectivity index (χ0n) is 22.7. The number of rotatable bonds is 11. The molecule has 204 valence electrons. The summed E-state index contributed by atoms with van der Waals surface area (Å²) < 4.78 is 38.3. The van der Waals surface area contributed by atoms with Crippen molar-refractivity contribution in [1.82, 2.24) is 19.0 Å². The summed E-state index contributed by atoms with van der Waals surface area (Å²) in [6.07, 6.45) is 3.63. The number of amides is 1. The number of nitrogens with zero attached hydrogens (tertiary/aromatic N) is 4. The molecule has 2 heterocycles. The highest BCUT2D eigenvalue weighted by atomic mass is 32.2. The number of hydrogen-bond donors (Lipinski definition) is 0. The third-order valence-electron chi connectivity index (χ3n) is 7.39. The molecule has 0 bridgehead atoms. The second-order valence-electron chi connectivity index (χ2n) is 9.96. The molecule has 0 N–H and O–H groups in total. The van der Waals surface area contributed by atoms with E-state index in [0.717, 1.165) is 26.2 Å². The smallest absolute Gasteiger partial charge is 0.248 e. The van der Waals surface area contributed by atoms with E-state index < -0.39 is 10.0 Å². The van der Waals surface area contributed by atoms with Gasteiger partial charge >= 0.3 is 0 Å². The van der Waals surface area contributed by atoms with E-state index in [2.05, 4.69) is 16.7 Å². The lowest BCUT2D eigenvalue weighted by Crippen LogP contribution is -2.54. The zero-order chi connectivity index (χ0) is 26.3. The minimum atomic E-state index is -3.68. The second kappa shape index (κ2) is 13.2. The topological polar surface area (TPSA) is 82.6 Å². The molecule has 36 heavy (non-hydrogen) atoms. The normalized spacial score (nSPS) is 18.7. The van der Waals surface area contributed by atoms with Crippen LogP contribution in [0.4, 0.5) is 0 Å². The lowest BCUT2D eigenvalue weighted by molar-refractivity contribution is -0.138. The SMILES string of the molecule is CCCN1CCC(N2CCN(C(=O)COCCN(C)S(=O)(=O)c3c(C)cc(OC)cc3C)CC2)CC1. The van der Waals surface area contributed by atoms with Crippen LogP contribution in [-0.2, 0) is 19.6 Å². The van der Waals surface area contributed by atoms with Gasteiger partial charge in [-0.25, -0.2) is 8.42 Å². The molecule has 3 rings (SSSR count). The minimum absolute atomic E-state index is 0.0239. The summed E-state index contributed by atoms with van der Waals surface area (Å²) in [5, 5.41) is 0. The van der Waals surface area contributed by atoms with Gasteiger partial charge in [-0.2, -0.15) is 4.31 Å². The van der Waals surface area contributed by atoms with Crippen LogP contribution in [0.25, 0.3) is 0 Å². The van der Waals surface area contributed by atoms with Gasteiger partial charge < -0.3 is 19.3 Å². The Balaban J connectivity index is 1.39. The van der Waals surface area contributed by atoms with Crippen LogP contribution in [0.3, 0.4) is 0 Å². The zero-order valence-corrected chi connectivity index (χ0v) is 23.5. The second-order valence-corrected chi connectivity index (χ2v) is 11.9. The van der Waals surface area contributed by atoms with Crippen molar-refractivity contribution in [1.29, 1.82) is 0 Å². The predicted octanol–water partition coefficient (Wildman–Crippen LogP) is 1.97. The maximum atomic E-state index is 13.1. The van der Waals surface area contributed by atoms with Crippen molar-refractivity contribution < 1.29 is 22.7 Å².